The second-order valence-electron chi connectivity index (χ2n) is 5.84. The molecule has 0 saturated heterocycles. The van der Waals surface area contributed by atoms with Crippen molar-refractivity contribution in [2.24, 2.45) is 0 Å². The largest absolute Gasteiger partial charge is 0.467 e. The van der Waals surface area contributed by atoms with Gasteiger partial charge in [-0.2, -0.15) is 11.3 Å². The standard InChI is InChI=1S/C20H15NO4S/c22-17-10-19(25-18-6-2-1-5-16(17)18)20(23)21(11-14-7-9-26-13-14)12-15-4-3-8-24-15/h1-10,13H,11-12H2. The van der Waals surface area contributed by atoms with Crippen molar-refractivity contribution in [2.75, 3.05) is 0 Å². The third kappa shape index (κ3) is 3.32. The second-order valence-corrected chi connectivity index (χ2v) is 6.62. The van der Waals surface area contributed by atoms with E-state index in [9.17, 15) is 9.59 Å². The van der Waals surface area contributed by atoms with Crippen LogP contribution in [0, 0.1) is 0 Å². The Morgan fingerprint density at radius 3 is 2.73 bits per heavy atom. The molecule has 26 heavy (non-hydrogen) atoms. The number of furan rings is 1. The Bertz CT molecular complexity index is 1040. The van der Waals surface area contributed by atoms with Crippen molar-refractivity contribution in [3.8, 4) is 0 Å². The van der Waals surface area contributed by atoms with Gasteiger partial charge < -0.3 is 13.7 Å². The fourth-order valence-electron chi connectivity index (χ4n) is 2.76. The minimum atomic E-state index is -0.351. The lowest BCUT2D eigenvalue weighted by Gasteiger charge is -2.20. The predicted molar refractivity (Wildman–Crippen MR) is 99.1 cm³/mol. The van der Waals surface area contributed by atoms with Gasteiger partial charge in [-0.1, -0.05) is 12.1 Å². The number of nitrogens with zero attached hydrogens (tertiary/aromatic N) is 1. The number of para-hydroxylation sites is 1. The third-order valence-electron chi connectivity index (χ3n) is 4.01. The number of fused-ring (bicyclic) bond motifs is 1. The van der Waals surface area contributed by atoms with Crippen LogP contribution < -0.4 is 5.43 Å². The van der Waals surface area contributed by atoms with Gasteiger partial charge in [0, 0.05) is 12.6 Å². The van der Waals surface area contributed by atoms with Gasteiger partial charge in [0.2, 0.25) is 0 Å². The van der Waals surface area contributed by atoms with Crippen LogP contribution in [0.2, 0.25) is 0 Å². The van der Waals surface area contributed by atoms with Crippen LogP contribution in [0.4, 0.5) is 0 Å². The van der Waals surface area contributed by atoms with Gasteiger partial charge in [0.1, 0.15) is 11.3 Å². The fraction of sp³-hybridized carbons (Fsp3) is 0.100. The van der Waals surface area contributed by atoms with Crippen molar-refractivity contribution in [2.45, 2.75) is 13.1 Å². The van der Waals surface area contributed by atoms with E-state index < -0.39 is 0 Å². The molecule has 4 rings (SSSR count). The maximum Gasteiger partial charge on any atom is 0.290 e. The average molecular weight is 365 g/mol. The van der Waals surface area contributed by atoms with Crippen LogP contribution in [0.15, 0.2) is 79.2 Å². The van der Waals surface area contributed by atoms with E-state index in [2.05, 4.69) is 0 Å². The van der Waals surface area contributed by atoms with Gasteiger partial charge in [0.25, 0.3) is 5.91 Å². The highest BCUT2D eigenvalue weighted by molar-refractivity contribution is 7.07. The number of carbonyl (C=O) groups is 1. The maximum absolute atomic E-state index is 13.0. The Kier molecular flexibility index (Phi) is 4.41. The van der Waals surface area contributed by atoms with Crippen molar-refractivity contribution in [3.05, 3.63) is 92.9 Å². The van der Waals surface area contributed by atoms with Gasteiger partial charge in [-0.3, -0.25) is 9.59 Å². The first-order chi connectivity index (χ1) is 12.7. The molecule has 0 aliphatic carbocycles. The Hall–Kier alpha value is -3.12. The van der Waals surface area contributed by atoms with Crippen LogP contribution in [0.3, 0.4) is 0 Å². The number of hydrogen-bond acceptors (Lipinski definition) is 5. The molecule has 0 unspecified atom stereocenters. The molecule has 130 valence electrons. The number of hydrogen-bond donors (Lipinski definition) is 0. The van der Waals surface area contributed by atoms with E-state index in [-0.39, 0.29) is 23.6 Å². The fourth-order valence-corrected chi connectivity index (χ4v) is 3.42. The molecule has 6 heteroatoms. The van der Waals surface area contributed by atoms with Gasteiger partial charge in [0.15, 0.2) is 11.2 Å². The van der Waals surface area contributed by atoms with Crippen LogP contribution in [0.5, 0.6) is 0 Å². The first-order valence-electron chi connectivity index (χ1n) is 8.06. The first kappa shape index (κ1) is 16.4. The molecule has 0 radical (unpaired) electrons. The molecule has 0 saturated carbocycles. The summed E-state index contributed by atoms with van der Waals surface area (Å²) in [5.41, 5.74) is 1.18. The van der Waals surface area contributed by atoms with E-state index >= 15 is 0 Å². The topological polar surface area (TPSA) is 63.7 Å². The van der Waals surface area contributed by atoms with Crippen molar-refractivity contribution in [1.29, 1.82) is 0 Å². The van der Waals surface area contributed by atoms with E-state index in [1.807, 2.05) is 22.9 Å². The predicted octanol–water partition coefficient (Wildman–Crippen LogP) is 4.29. The summed E-state index contributed by atoms with van der Waals surface area (Å²) in [6.07, 6.45) is 1.57. The molecule has 0 aliphatic heterocycles. The molecule has 0 N–H and O–H groups in total. The SMILES string of the molecule is O=C(c1cc(=O)c2ccccc2o1)N(Cc1ccsc1)Cc1ccco1. The minimum absolute atomic E-state index is 0.0236. The Balaban J connectivity index is 1.70. The van der Waals surface area contributed by atoms with Crippen molar-refractivity contribution in [3.63, 3.8) is 0 Å². The monoisotopic (exact) mass is 365 g/mol. The lowest BCUT2D eigenvalue weighted by molar-refractivity contribution is 0.0686. The van der Waals surface area contributed by atoms with E-state index in [0.717, 1.165) is 5.56 Å². The van der Waals surface area contributed by atoms with Crippen molar-refractivity contribution in [1.82, 2.24) is 4.90 Å². The molecule has 0 spiro atoms. The zero-order chi connectivity index (χ0) is 17.9. The summed E-state index contributed by atoms with van der Waals surface area (Å²) in [7, 11) is 0. The smallest absolute Gasteiger partial charge is 0.290 e. The van der Waals surface area contributed by atoms with Crippen LogP contribution in [-0.2, 0) is 13.1 Å². The van der Waals surface area contributed by atoms with Crippen LogP contribution in [-0.4, -0.2) is 10.8 Å². The third-order valence-corrected chi connectivity index (χ3v) is 4.75. The van der Waals surface area contributed by atoms with E-state index in [1.54, 1.807) is 52.8 Å². The van der Waals surface area contributed by atoms with Crippen LogP contribution in [0.1, 0.15) is 21.9 Å². The summed E-state index contributed by atoms with van der Waals surface area (Å²) in [6, 6.07) is 13.7. The normalized spacial score (nSPS) is 10.9. The molecular weight excluding hydrogens is 350 g/mol. The summed E-state index contributed by atoms with van der Waals surface area (Å²) in [4.78, 5) is 27.0. The Morgan fingerprint density at radius 2 is 1.96 bits per heavy atom. The van der Waals surface area contributed by atoms with Gasteiger partial charge in [-0.05, 0) is 46.7 Å². The second kappa shape index (κ2) is 7.01. The molecule has 0 aliphatic rings. The highest BCUT2D eigenvalue weighted by atomic mass is 32.1. The molecule has 3 aromatic heterocycles. The number of benzene rings is 1. The van der Waals surface area contributed by atoms with Gasteiger partial charge >= 0.3 is 0 Å². The molecule has 0 atom stereocenters. The molecule has 0 fully saturated rings. The lowest BCUT2D eigenvalue weighted by Crippen LogP contribution is -2.30. The molecule has 4 aromatic rings. The highest BCUT2D eigenvalue weighted by Gasteiger charge is 2.21. The lowest BCUT2D eigenvalue weighted by atomic mass is 10.2. The van der Waals surface area contributed by atoms with Crippen LogP contribution in [0.25, 0.3) is 11.0 Å². The number of rotatable bonds is 5. The summed E-state index contributed by atoms with van der Waals surface area (Å²) in [5.74, 6) is 0.336. The summed E-state index contributed by atoms with van der Waals surface area (Å²) >= 11 is 1.57. The molecule has 1 amide bonds. The molecule has 0 bridgehead atoms. The summed E-state index contributed by atoms with van der Waals surface area (Å²) in [6.45, 7) is 0.692. The van der Waals surface area contributed by atoms with Crippen LogP contribution >= 0.6 is 11.3 Å². The Labute approximate surface area is 153 Å². The van der Waals surface area contributed by atoms with E-state index in [4.69, 9.17) is 8.83 Å². The van der Waals surface area contributed by atoms with E-state index in [0.29, 0.717) is 23.3 Å². The van der Waals surface area contributed by atoms with Crippen molar-refractivity contribution >= 4 is 28.2 Å². The average Bonchev–Trinajstić information content (AvgIpc) is 3.34. The number of amides is 1. The first-order valence-corrected chi connectivity index (χ1v) is 9.00. The van der Waals surface area contributed by atoms with Crippen molar-refractivity contribution < 1.29 is 13.6 Å². The number of thiophene rings is 1. The van der Waals surface area contributed by atoms with Gasteiger partial charge in [0.05, 0.1) is 18.2 Å². The molecular formula is C20H15NO4S. The summed E-state index contributed by atoms with van der Waals surface area (Å²) < 4.78 is 11.1. The molecule has 5 nitrogen and oxygen atoms in total. The maximum atomic E-state index is 13.0. The molecule has 1 aromatic carbocycles. The zero-order valence-electron chi connectivity index (χ0n) is 13.8. The quantitative estimate of drug-likeness (QED) is 0.529. The highest BCUT2D eigenvalue weighted by Crippen LogP contribution is 2.18. The summed E-state index contributed by atoms with van der Waals surface area (Å²) in [5, 5.41) is 4.40. The zero-order valence-corrected chi connectivity index (χ0v) is 14.6. The number of carbonyl (C=O) groups excluding carboxylic acids is 1. The molecule has 3 heterocycles. The van der Waals surface area contributed by atoms with Gasteiger partial charge in [-0.25, -0.2) is 0 Å². The van der Waals surface area contributed by atoms with Gasteiger partial charge in [-0.15, -0.1) is 0 Å². The minimum Gasteiger partial charge on any atom is -0.467 e. The van der Waals surface area contributed by atoms with E-state index in [1.165, 1.54) is 6.07 Å². The Morgan fingerprint density at radius 1 is 1.08 bits per heavy atom.